The van der Waals surface area contributed by atoms with Crippen LogP contribution in [0.2, 0.25) is 0 Å². The number of aryl methyl sites for hydroxylation is 2. The highest BCUT2D eigenvalue weighted by atomic mass is 32.1. The van der Waals surface area contributed by atoms with Gasteiger partial charge < -0.3 is 10.6 Å². The van der Waals surface area contributed by atoms with Crippen LogP contribution in [0.3, 0.4) is 0 Å². The number of fused-ring (bicyclic) bond motifs is 1. The summed E-state index contributed by atoms with van der Waals surface area (Å²) in [5.41, 5.74) is 5.40. The number of rotatable bonds is 5. The van der Waals surface area contributed by atoms with Crippen LogP contribution >= 0.6 is 11.3 Å². The number of nitrogens with zero attached hydrogens (tertiary/aromatic N) is 1. The van der Waals surface area contributed by atoms with Crippen molar-refractivity contribution in [1.29, 1.82) is 0 Å². The molecule has 2 N–H and O–H groups in total. The quantitative estimate of drug-likeness (QED) is 0.432. The van der Waals surface area contributed by atoms with Crippen LogP contribution in [0.1, 0.15) is 50.6 Å². The zero-order chi connectivity index (χ0) is 23.2. The van der Waals surface area contributed by atoms with E-state index in [0.29, 0.717) is 10.7 Å². The molecule has 0 spiro atoms. The Balaban J connectivity index is 0.00000306. The molecule has 0 saturated heterocycles. The molecule has 3 aromatic rings. The molecule has 0 bridgehead atoms. The van der Waals surface area contributed by atoms with Gasteiger partial charge in [-0.15, -0.1) is 0 Å². The molecule has 0 radical (unpaired) electrons. The molecular formula is C26H31N3O2S. The van der Waals surface area contributed by atoms with Crippen molar-refractivity contribution >= 4 is 44.2 Å². The van der Waals surface area contributed by atoms with Crippen LogP contribution in [-0.2, 0) is 4.79 Å². The number of carbonyl (C=O) groups excluding carboxylic acids is 2. The molecule has 4 rings (SSSR count). The van der Waals surface area contributed by atoms with E-state index >= 15 is 0 Å². The Morgan fingerprint density at radius 1 is 1.09 bits per heavy atom. The number of benzene rings is 2. The van der Waals surface area contributed by atoms with Gasteiger partial charge in [0.25, 0.3) is 5.91 Å². The summed E-state index contributed by atoms with van der Waals surface area (Å²) < 4.78 is 0.866. The van der Waals surface area contributed by atoms with Crippen LogP contribution in [0.4, 0.5) is 10.8 Å². The van der Waals surface area contributed by atoms with Gasteiger partial charge in [-0.1, -0.05) is 55.0 Å². The first-order valence-electron chi connectivity index (χ1n) is 10.8. The molecule has 32 heavy (non-hydrogen) atoms. The highest BCUT2D eigenvalue weighted by Crippen LogP contribution is 2.59. The van der Waals surface area contributed by atoms with E-state index in [4.69, 9.17) is 0 Å². The number of anilines is 2. The Kier molecular flexibility index (Phi) is 5.67. The van der Waals surface area contributed by atoms with E-state index in [1.807, 2.05) is 44.2 Å². The van der Waals surface area contributed by atoms with Crippen molar-refractivity contribution in [3.05, 3.63) is 64.7 Å². The number of amides is 2. The molecule has 0 unspecified atom stereocenters. The molecule has 1 aliphatic rings. The third-order valence-corrected chi connectivity index (χ3v) is 7.24. The second-order valence-electron chi connectivity index (χ2n) is 9.48. The second-order valence-corrected chi connectivity index (χ2v) is 10.5. The van der Waals surface area contributed by atoms with Crippen LogP contribution in [0.5, 0.6) is 0 Å². The smallest absolute Gasteiger partial charge is 0.255 e. The van der Waals surface area contributed by atoms with E-state index < -0.39 is 0 Å². The SMILES string of the molecule is CC(C)=C[C@@H]1[C@@H](C(=O)Nc2nc3ccc(C(=O)Nc4c(C)cccc4C)cc3s2)C1(C)C.[HH]. The van der Waals surface area contributed by atoms with E-state index in [2.05, 4.69) is 49.4 Å². The van der Waals surface area contributed by atoms with Crippen molar-refractivity contribution in [2.45, 2.75) is 41.5 Å². The standard InChI is InChI=1S/C26H29N3O2S.H2/c1-14(2)12-18-21(26(18,5)6)24(31)29-25-27-19-11-10-17(13-20(19)32-25)23(30)28-22-15(3)8-7-9-16(22)4;/h7-13,18,21H,1-6H3,(H,28,30)(H,27,29,31);1H/t18-,21+;/m1./s1. The van der Waals surface area contributed by atoms with Gasteiger partial charge in [0, 0.05) is 12.7 Å². The van der Waals surface area contributed by atoms with Gasteiger partial charge in [-0.3, -0.25) is 9.59 Å². The number of aromatic nitrogens is 1. The Bertz CT molecular complexity index is 1240. The van der Waals surface area contributed by atoms with Crippen molar-refractivity contribution in [2.24, 2.45) is 17.3 Å². The number of thiazole rings is 1. The number of nitrogens with one attached hydrogen (secondary N) is 2. The lowest BCUT2D eigenvalue weighted by atomic mass is 10.1. The highest BCUT2D eigenvalue weighted by Gasteiger charge is 2.60. The summed E-state index contributed by atoms with van der Waals surface area (Å²) in [5, 5.41) is 6.58. The lowest BCUT2D eigenvalue weighted by Gasteiger charge is -2.11. The number of hydrogen-bond acceptors (Lipinski definition) is 4. The first-order valence-corrected chi connectivity index (χ1v) is 11.6. The summed E-state index contributed by atoms with van der Waals surface area (Å²) in [6.07, 6.45) is 2.18. The van der Waals surface area contributed by atoms with Crippen molar-refractivity contribution in [3.8, 4) is 0 Å². The Morgan fingerprint density at radius 2 is 1.78 bits per heavy atom. The average molecular weight is 450 g/mol. The molecule has 0 aliphatic heterocycles. The minimum Gasteiger partial charge on any atom is -0.322 e. The third kappa shape index (κ3) is 4.19. The Hall–Kier alpha value is -2.99. The number of para-hydroxylation sites is 1. The molecule has 1 aliphatic carbocycles. The van der Waals surface area contributed by atoms with Crippen molar-refractivity contribution in [1.82, 2.24) is 4.98 Å². The predicted molar refractivity (Wildman–Crippen MR) is 134 cm³/mol. The molecule has 1 fully saturated rings. The van der Waals surface area contributed by atoms with Crippen molar-refractivity contribution in [2.75, 3.05) is 10.6 Å². The predicted octanol–water partition coefficient (Wildman–Crippen LogP) is 6.59. The molecule has 2 atom stereocenters. The minimum atomic E-state index is -0.160. The van der Waals surface area contributed by atoms with Crippen LogP contribution in [-0.4, -0.2) is 16.8 Å². The largest absolute Gasteiger partial charge is 0.322 e. The van der Waals surface area contributed by atoms with Crippen molar-refractivity contribution < 1.29 is 11.0 Å². The van der Waals surface area contributed by atoms with E-state index in [0.717, 1.165) is 27.0 Å². The minimum absolute atomic E-state index is 0. The topological polar surface area (TPSA) is 71.1 Å². The maximum atomic E-state index is 12.9. The Morgan fingerprint density at radius 3 is 2.44 bits per heavy atom. The number of carbonyl (C=O) groups is 2. The fourth-order valence-electron chi connectivity index (χ4n) is 4.35. The molecule has 1 saturated carbocycles. The molecule has 2 amide bonds. The van der Waals surface area contributed by atoms with E-state index in [9.17, 15) is 9.59 Å². The van der Waals surface area contributed by atoms with Crippen LogP contribution in [0.15, 0.2) is 48.0 Å². The fraction of sp³-hybridized carbons (Fsp3) is 0.346. The van der Waals surface area contributed by atoms with Gasteiger partial charge in [0.1, 0.15) is 0 Å². The summed E-state index contributed by atoms with van der Waals surface area (Å²) >= 11 is 1.39. The molecule has 168 valence electrons. The summed E-state index contributed by atoms with van der Waals surface area (Å²) in [7, 11) is 0. The Labute approximate surface area is 194 Å². The second kappa shape index (κ2) is 8.17. The van der Waals surface area contributed by atoms with Crippen LogP contribution < -0.4 is 10.6 Å². The first-order chi connectivity index (χ1) is 15.1. The third-order valence-electron chi connectivity index (χ3n) is 6.31. The molecule has 2 aromatic carbocycles. The average Bonchev–Trinajstić information content (AvgIpc) is 3.04. The monoisotopic (exact) mass is 449 g/mol. The zero-order valence-electron chi connectivity index (χ0n) is 19.4. The van der Waals surface area contributed by atoms with Gasteiger partial charge >= 0.3 is 0 Å². The lowest BCUT2D eigenvalue weighted by Crippen LogP contribution is -2.16. The van der Waals surface area contributed by atoms with Crippen LogP contribution in [0.25, 0.3) is 10.2 Å². The van der Waals surface area contributed by atoms with E-state index in [1.165, 1.54) is 16.9 Å². The number of hydrogen-bond donors (Lipinski definition) is 2. The normalized spacial score (nSPS) is 18.8. The molecular weight excluding hydrogens is 418 g/mol. The van der Waals surface area contributed by atoms with Gasteiger partial charge in [-0.05, 0) is 68.4 Å². The summed E-state index contributed by atoms with van der Waals surface area (Å²) in [6, 6.07) is 11.4. The maximum Gasteiger partial charge on any atom is 0.255 e. The summed E-state index contributed by atoms with van der Waals surface area (Å²) in [5.74, 6) is 0.0438. The first kappa shape index (κ1) is 22.2. The van der Waals surface area contributed by atoms with Crippen LogP contribution in [0, 0.1) is 31.1 Å². The maximum absolute atomic E-state index is 12.9. The van der Waals surface area contributed by atoms with E-state index in [-0.39, 0.29) is 30.5 Å². The summed E-state index contributed by atoms with van der Waals surface area (Å²) in [4.78, 5) is 30.3. The van der Waals surface area contributed by atoms with Gasteiger partial charge in [0.15, 0.2) is 5.13 Å². The highest BCUT2D eigenvalue weighted by molar-refractivity contribution is 7.22. The zero-order valence-corrected chi connectivity index (χ0v) is 20.2. The van der Waals surface area contributed by atoms with Gasteiger partial charge in [-0.2, -0.15) is 0 Å². The molecule has 5 nitrogen and oxygen atoms in total. The number of allylic oxidation sites excluding steroid dienone is 2. The van der Waals surface area contributed by atoms with Gasteiger partial charge in [0.05, 0.1) is 16.1 Å². The van der Waals surface area contributed by atoms with Gasteiger partial charge in [0.2, 0.25) is 5.91 Å². The molecule has 1 heterocycles. The fourth-order valence-corrected chi connectivity index (χ4v) is 5.26. The molecule has 1 aromatic heterocycles. The molecule has 6 heteroatoms. The van der Waals surface area contributed by atoms with Crippen molar-refractivity contribution in [3.63, 3.8) is 0 Å². The van der Waals surface area contributed by atoms with Gasteiger partial charge in [-0.25, -0.2) is 4.98 Å². The lowest BCUT2D eigenvalue weighted by molar-refractivity contribution is -0.118. The van der Waals surface area contributed by atoms with E-state index in [1.54, 1.807) is 6.07 Å². The summed E-state index contributed by atoms with van der Waals surface area (Å²) in [6.45, 7) is 12.3.